The number of nitrogens with zero attached hydrogens (tertiary/aromatic N) is 2. The van der Waals surface area contributed by atoms with Crippen LogP contribution >= 0.6 is 0 Å². The molecule has 1 aromatic rings. The fourth-order valence-electron chi connectivity index (χ4n) is 2.48. The Labute approximate surface area is 103 Å². The zero-order valence-electron chi connectivity index (χ0n) is 10.9. The van der Waals surface area contributed by atoms with E-state index in [2.05, 4.69) is 21.8 Å². The fraction of sp³-hybridized carbons (Fsp3) is 0.769. The van der Waals surface area contributed by atoms with Crippen molar-refractivity contribution < 1.29 is 4.74 Å². The van der Waals surface area contributed by atoms with Crippen molar-refractivity contribution >= 4 is 0 Å². The predicted molar refractivity (Wildman–Crippen MR) is 67.8 cm³/mol. The van der Waals surface area contributed by atoms with Gasteiger partial charge in [0, 0.05) is 25.0 Å². The number of aromatic nitrogens is 2. The number of ether oxygens (including phenoxy) is 1. The maximum atomic E-state index is 5.95. The van der Waals surface area contributed by atoms with Crippen molar-refractivity contribution in [2.75, 3.05) is 7.05 Å². The van der Waals surface area contributed by atoms with Gasteiger partial charge in [-0.25, -0.2) is 4.98 Å². The first kappa shape index (κ1) is 12.6. The molecule has 1 aliphatic carbocycles. The van der Waals surface area contributed by atoms with E-state index < -0.39 is 0 Å². The van der Waals surface area contributed by atoms with Crippen molar-refractivity contribution in [2.24, 2.45) is 0 Å². The van der Waals surface area contributed by atoms with Crippen LogP contribution in [0, 0.1) is 0 Å². The summed E-state index contributed by atoms with van der Waals surface area (Å²) in [7, 11) is 2.05. The minimum atomic E-state index is 0.418. The Hall–Kier alpha value is -0.870. The lowest BCUT2D eigenvalue weighted by Gasteiger charge is -2.28. The van der Waals surface area contributed by atoms with Crippen LogP contribution in [0.15, 0.2) is 12.4 Å². The largest absolute Gasteiger partial charge is 0.370 e. The molecule has 0 aromatic carbocycles. The maximum absolute atomic E-state index is 5.95. The van der Waals surface area contributed by atoms with Crippen molar-refractivity contribution in [3.05, 3.63) is 18.2 Å². The molecule has 2 rings (SSSR count). The van der Waals surface area contributed by atoms with Crippen LogP contribution < -0.4 is 5.32 Å². The normalized spacial score (nSPS) is 25.1. The molecule has 1 heterocycles. The van der Waals surface area contributed by atoms with Gasteiger partial charge in [-0.3, -0.25) is 0 Å². The summed E-state index contributed by atoms with van der Waals surface area (Å²) in [6.45, 7) is 3.74. The zero-order chi connectivity index (χ0) is 12.1. The fourth-order valence-corrected chi connectivity index (χ4v) is 2.48. The maximum Gasteiger partial charge on any atom is 0.134 e. The summed E-state index contributed by atoms with van der Waals surface area (Å²) in [5, 5.41) is 3.34. The van der Waals surface area contributed by atoms with E-state index in [1.807, 2.05) is 19.4 Å². The lowest BCUT2D eigenvalue weighted by atomic mass is 9.93. The van der Waals surface area contributed by atoms with Crippen LogP contribution in [0.1, 0.15) is 38.4 Å². The SMILES string of the molecule is CCn1ccnc1COC1CCC(NC)CC1. The number of hydrogen-bond acceptors (Lipinski definition) is 3. The highest BCUT2D eigenvalue weighted by molar-refractivity contribution is 4.90. The Morgan fingerprint density at radius 2 is 2.18 bits per heavy atom. The Morgan fingerprint density at radius 3 is 2.82 bits per heavy atom. The number of aryl methyl sites for hydroxylation is 1. The van der Waals surface area contributed by atoms with Gasteiger partial charge in [0.1, 0.15) is 12.4 Å². The van der Waals surface area contributed by atoms with Crippen molar-refractivity contribution in [1.29, 1.82) is 0 Å². The van der Waals surface area contributed by atoms with Gasteiger partial charge in [0.15, 0.2) is 0 Å². The standard InChI is InChI=1S/C13H23N3O/c1-3-16-9-8-15-13(16)10-17-12-6-4-11(14-2)5-7-12/h8-9,11-12,14H,3-7,10H2,1-2H3. The molecule has 0 aliphatic heterocycles. The van der Waals surface area contributed by atoms with Crippen LogP contribution in [0.3, 0.4) is 0 Å². The average molecular weight is 237 g/mol. The minimum Gasteiger partial charge on any atom is -0.370 e. The summed E-state index contributed by atoms with van der Waals surface area (Å²) >= 11 is 0. The molecule has 0 saturated heterocycles. The van der Waals surface area contributed by atoms with Gasteiger partial charge in [-0.2, -0.15) is 0 Å². The quantitative estimate of drug-likeness (QED) is 0.850. The molecule has 17 heavy (non-hydrogen) atoms. The van der Waals surface area contributed by atoms with E-state index in [-0.39, 0.29) is 0 Å². The van der Waals surface area contributed by atoms with Gasteiger partial charge in [0.25, 0.3) is 0 Å². The third kappa shape index (κ3) is 3.30. The lowest BCUT2D eigenvalue weighted by molar-refractivity contribution is 0.00748. The molecule has 0 unspecified atom stereocenters. The van der Waals surface area contributed by atoms with E-state index >= 15 is 0 Å². The molecule has 1 fully saturated rings. The van der Waals surface area contributed by atoms with Crippen LogP contribution in [0.4, 0.5) is 0 Å². The minimum absolute atomic E-state index is 0.418. The third-order valence-electron chi connectivity index (χ3n) is 3.67. The van der Waals surface area contributed by atoms with E-state index in [0.29, 0.717) is 18.8 Å². The van der Waals surface area contributed by atoms with Gasteiger partial charge in [0.05, 0.1) is 6.10 Å². The van der Waals surface area contributed by atoms with Crippen molar-refractivity contribution in [3.63, 3.8) is 0 Å². The first-order valence-corrected chi connectivity index (χ1v) is 6.62. The predicted octanol–water partition coefficient (Wildman–Crippen LogP) is 1.95. The molecule has 0 spiro atoms. The Bertz CT molecular complexity index is 329. The molecule has 0 bridgehead atoms. The lowest BCUT2D eigenvalue weighted by Crippen LogP contribution is -2.33. The second kappa shape index (κ2) is 6.17. The smallest absolute Gasteiger partial charge is 0.134 e. The Balaban J connectivity index is 1.76. The first-order valence-electron chi connectivity index (χ1n) is 6.62. The zero-order valence-corrected chi connectivity index (χ0v) is 10.9. The van der Waals surface area contributed by atoms with Crippen LogP contribution in [0.2, 0.25) is 0 Å². The van der Waals surface area contributed by atoms with Gasteiger partial charge in [0.2, 0.25) is 0 Å². The molecule has 96 valence electrons. The van der Waals surface area contributed by atoms with Gasteiger partial charge >= 0.3 is 0 Å². The third-order valence-corrected chi connectivity index (χ3v) is 3.67. The van der Waals surface area contributed by atoms with E-state index in [4.69, 9.17) is 4.74 Å². The molecule has 1 aromatic heterocycles. The second-order valence-electron chi connectivity index (χ2n) is 4.70. The Kier molecular flexibility index (Phi) is 4.57. The summed E-state index contributed by atoms with van der Waals surface area (Å²) in [5.74, 6) is 1.04. The molecular formula is C13H23N3O. The summed E-state index contributed by atoms with van der Waals surface area (Å²) in [4.78, 5) is 4.33. The van der Waals surface area contributed by atoms with Gasteiger partial charge < -0.3 is 14.6 Å². The number of nitrogens with one attached hydrogen (secondary N) is 1. The molecule has 0 radical (unpaired) electrons. The molecule has 4 heteroatoms. The highest BCUT2D eigenvalue weighted by Gasteiger charge is 2.20. The monoisotopic (exact) mass is 237 g/mol. The molecule has 1 saturated carbocycles. The highest BCUT2D eigenvalue weighted by atomic mass is 16.5. The van der Waals surface area contributed by atoms with Crippen molar-refractivity contribution in [2.45, 2.75) is 57.9 Å². The van der Waals surface area contributed by atoms with E-state index in [1.54, 1.807) is 0 Å². The van der Waals surface area contributed by atoms with Crippen LogP contribution in [0.25, 0.3) is 0 Å². The van der Waals surface area contributed by atoms with E-state index in [1.165, 1.54) is 25.7 Å². The molecule has 0 amide bonds. The molecule has 1 aliphatic rings. The van der Waals surface area contributed by atoms with Gasteiger partial charge in [-0.05, 0) is 39.7 Å². The summed E-state index contributed by atoms with van der Waals surface area (Å²) < 4.78 is 8.09. The van der Waals surface area contributed by atoms with Gasteiger partial charge in [-0.1, -0.05) is 0 Å². The average Bonchev–Trinajstić information content (AvgIpc) is 2.84. The number of imidazole rings is 1. The van der Waals surface area contributed by atoms with Crippen LogP contribution in [-0.4, -0.2) is 28.7 Å². The molecule has 4 nitrogen and oxygen atoms in total. The number of rotatable bonds is 5. The van der Waals surface area contributed by atoms with Crippen molar-refractivity contribution in [3.8, 4) is 0 Å². The highest BCUT2D eigenvalue weighted by Crippen LogP contribution is 2.21. The second-order valence-corrected chi connectivity index (χ2v) is 4.70. The summed E-state index contributed by atoms with van der Waals surface area (Å²) in [5.41, 5.74) is 0. The van der Waals surface area contributed by atoms with Gasteiger partial charge in [-0.15, -0.1) is 0 Å². The summed E-state index contributed by atoms with van der Waals surface area (Å²) in [6.07, 6.45) is 9.06. The number of hydrogen-bond donors (Lipinski definition) is 1. The topological polar surface area (TPSA) is 39.1 Å². The molecule has 1 N–H and O–H groups in total. The van der Waals surface area contributed by atoms with Crippen LogP contribution in [-0.2, 0) is 17.9 Å². The Morgan fingerprint density at radius 1 is 1.41 bits per heavy atom. The summed E-state index contributed by atoms with van der Waals surface area (Å²) in [6, 6.07) is 0.687. The molecular weight excluding hydrogens is 214 g/mol. The van der Waals surface area contributed by atoms with E-state index in [0.717, 1.165) is 12.4 Å². The van der Waals surface area contributed by atoms with E-state index in [9.17, 15) is 0 Å². The van der Waals surface area contributed by atoms with Crippen LogP contribution in [0.5, 0.6) is 0 Å². The van der Waals surface area contributed by atoms with Crippen molar-refractivity contribution in [1.82, 2.24) is 14.9 Å². The first-order chi connectivity index (χ1) is 8.33. The molecule has 0 atom stereocenters.